The summed E-state index contributed by atoms with van der Waals surface area (Å²) in [5.41, 5.74) is 8.31. The second-order valence-corrected chi connectivity index (χ2v) is 8.87. The van der Waals surface area contributed by atoms with E-state index in [1.807, 2.05) is 12.5 Å². The Morgan fingerprint density at radius 2 is 1.96 bits per heavy atom. The lowest BCUT2D eigenvalue weighted by Crippen LogP contribution is -1.99. The fraction of sp³-hybridized carbons (Fsp3) is 0.353. The van der Waals surface area contributed by atoms with Crippen LogP contribution in [0.25, 0.3) is 10.1 Å². The molecule has 4 nitrogen and oxygen atoms in total. The summed E-state index contributed by atoms with van der Waals surface area (Å²) < 4.78 is 1.24. The molecule has 1 atom stereocenters. The van der Waals surface area contributed by atoms with E-state index in [1.165, 1.54) is 15.6 Å². The molecule has 3 aromatic rings. The van der Waals surface area contributed by atoms with Crippen LogP contribution in [0.15, 0.2) is 33.9 Å². The molecule has 3 heterocycles. The van der Waals surface area contributed by atoms with E-state index in [1.54, 1.807) is 40.9 Å². The number of hydrogen-bond donors (Lipinski definition) is 1. The molecule has 0 radical (unpaired) electrons. The first-order valence-corrected chi connectivity index (χ1v) is 10.7. The van der Waals surface area contributed by atoms with Crippen molar-refractivity contribution in [3.8, 4) is 0 Å². The molecule has 3 aromatic heterocycles. The minimum absolute atomic E-state index is 0.158. The molecule has 7 heteroatoms. The number of aromatic nitrogens is 3. The van der Waals surface area contributed by atoms with E-state index in [2.05, 4.69) is 47.2 Å². The fourth-order valence-electron chi connectivity index (χ4n) is 2.43. The number of nitrogen functional groups attached to an aromatic ring is 1. The normalized spacial score (nSPS) is 12.9. The maximum atomic E-state index is 5.87. The van der Waals surface area contributed by atoms with Crippen molar-refractivity contribution >= 4 is 50.8 Å². The second kappa shape index (κ2) is 7.29. The van der Waals surface area contributed by atoms with Crippen LogP contribution in [0.2, 0.25) is 0 Å². The van der Waals surface area contributed by atoms with Crippen LogP contribution in [-0.4, -0.2) is 21.2 Å². The van der Waals surface area contributed by atoms with Gasteiger partial charge in [0.25, 0.3) is 0 Å². The van der Waals surface area contributed by atoms with Gasteiger partial charge in [0.05, 0.1) is 15.6 Å². The van der Waals surface area contributed by atoms with Crippen molar-refractivity contribution in [3.05, 3.63) is 35.0 Å². The summed E-state index contributed by atoms with van der Waals surface area (Å²) in [6.07, 6.45) is 3.96. The predicted octanol–water partition coefficient (Wildman–Crippen LogP) is 5.37. The first-order chi connectivity index (χ1) is 11.5. The Hall–Kier alpha value is -1.31. The number of nitrogens with two attached hydrogens (primary N) is 1. The minimum atomic E-state index is 0.158. The van der Waals surface area contributed by atoms with Gasteiger partial charge in [0.15, 0.2) is 5.16 Å². The number of pyridine rings is 1. The Kier molecular flexibility index (Phi) is 5.32. The van der Waals surface area contributed by atoms with Crippen molar-refractivity contribution in [1.29, 1.82) is 0 Å². The molecule has 0 saturated heterocycles. The molecular formula is C17H20N4S3. The molecule has 0 aliphatic carbocycles. The third-order valence-corrected chi connectivity index (χ3v) is 6.31. The quantitative estimate of drug-likeness (QED) is 0.367. The topological polar surface area (TPSA) is 64.7 Å². The van der Waals surface area contributed by atoms with Crippen LogP contribution in [-0.2, 0) is 0 Å². The van der Waals surface area contributed by atoms with Gasteiger partial charge in [-0.15, -0.1) is 23.1 Å². The lowest BCUT2D eigenvalue weighted by atomic mass is 10.0. The van der Waals surface area contributed by atoms with Crippen molar-refractivity contribution in [2.45, 2.75) is 42.1 Å². The largest absolute Gasteiger partial charge is 0.384 e. The molecule has 3 rings (SSSR count). The number of thiophene rings is 1. The summed E-state index contributed by atoms with van der Waals surface area (Å²) in [5.74, 6) is 1.02. The molecule has 0 amide bonds. The average molecular weight is 377 g/mol. The molecule has 0 spiro atoms. The molecule has 0 fully saturated rings. The molecule has 126 valence electrons. The van der Waals surface area contributed by atoms with Crippen LogP contribution >= 0.6 is 34.9 Å². The summed E-state index contributed by atoms with van der Waals surface area (Å²) in [7, 11) is 0. The van der Waals surface area contributed by atoms with Crippen molar-refractivity contribution in [2.24, 2.45) is 0 Å². The lowest BCUT2D eigenvalue weighted by molar-refractivity contribution is 0.878. The molecule has 1 unspecified atom stereocenters. The van der Waals surface area contributed by atoms with E-state index in [9.17, 15) is 0 Å². The maximum absolute atomic E-state index is 5.87. The van der Waals surface area contributed by atoms with Gasteiger partial charge in [-0.25, -0.2) is 9.97 Å². The van der Waals surface area contributed by atoms with Gasteiger partial charge in [0.1, 0.15) is 10.8 Å². The highest BCUT2D eigenvalue weighted by atomic mass is 32.2. The van der Waals surface area contributed by atoms with Gasteiger partial charge in [-0.1, -0.05) is 25.6 Å². The summed E-state index contributed by atoms with van der Waals surface area (Å²) >= 11 is 4.92. The van der Waals surface area contributed by atoms with Crippen LogP contribution < -0.4 is 5.73 Å². The predicted molar refractivity (Wildman–Crippen MR) is 106 cm³/mol. The monoisotopic (exact) mass is 376 g/mol. The van der Waals surface area contributed by atoms with E-state index in [0.29, 0.717) is 16.9 Å². The Morgan fingerprint density at radius 1 is 1.17 bits per heavy atom. The summed E-state index contributed by atoms with van der Waals surface area (Å²) in [6, 6.07) is 4.00. The standard InChI is InChI=1S/C17H20N4S3/c1-9(2)12-8-23-14-7-19-13(5-11(12)14)10(3)24-17-20-15(18)6-16(21-17)22-4/h5-10H,1-4H3,(H2,18,20,21). The molecule has 0 saturated carbocycles. The van der Waals surface area contributed by atoms with E-state index in [-0.39, 0.29) is 5.25 Å². The van der Waals surface area contributed by atoms with Gasteiger partial charge in [0, 0.05) is 12.3 Å². The number of fused-ring (bicyclic) bond motifs is 1. The second-order valence-electron chi connectivity index (χ2n) is 5.83. The number of hydrogen-bond acceptors (Lipinski definition) is 7. The SMILES string of the molecule is CSc1cc(N)nc(SC(C)c2cc3c(C(C)C)csc3cn2)n1. The summed E-state index contributed by atoms with van der Waals surface area (Å²) in [5, 5.41) is 5.30. The molecule has 24 heavy (non-hydrogen) atoms. The molecule has 0 bridgehead atoms. The van der Waals surface area contributed by atoms with Gasteiger partial charge < -0.3 is 5.73 Å². The lowest BCUT2D eigenvalue weighted by Gasteiger charge is -2.11. The van der Waals surface area contributed by atoms with Crippen molar-refractivity contribution in [2.75, 3.05) is 12.0 Å². The van der Waals surface area contributed by atoms with E-state index >= 15 is 0 Å². The smallest absolute Gasteiger partial charge is 0.191 e. The van der Waals surface area contributed by atoms with Crippen molar-refractivity contribution < 1.29 is 0 Å². The zero-order valence-electron chi connectivity index (χ0n) is 14.1. The molecule has 0 aromatic carbocycles. The summed E-state index contributed by atoms with van der Waals surface area (Å²) in [4.78, 5) is 13.5. The first kappa shape index (κ1) is 17.5. The molecule has 0 aliphatic heterocycles. The minimum Gasteiger partial charge on any atom is -0.384 e. The molecule has 2 N–H and O–H groups in total. The number of anilines is 1. The van der Waals surface area contributed by atoms with Crippen LogP contribution in [0.5, 0.6) is 0 Å². The van der Waals surface area contributed by atoms with Crippen LogP contribution in [0, 0.1) is 0 Å². The highest BCUT2D eigenvalue weighted by molar-refractivity contribution is 7.99. The third kappa shape index (κ3) is 3.68. The third-order valence-electron chi connectivity index (χ3n) is 3.74. The summed E-state index contributed by atoms with van der Waals surface area (Å²) in [6.45, 7) is 6.58. The number of rotatable bonds is 5. The zero-order chi connectivity index (χ0) is 17.3. The van der Waals surface area contributed by atoms with E-state index in [4.69, 9.17) is 5.73 Å². The average Bonchev–Trinajstić information content (AvgIpc) is 2.97. The Bertz CT molecular complexity index is 860. The van der Waals surface area contributed by atoms with E-state index in [0.717, 1.165) is 10.7 Å². The Labute approximate surface area is 154 Å². The van der Waals surface area contributed by atoms with Gasteiger partial charge in [0.2, 0.25) is 0 Å². The van der Waals surface area contributed by atoms with Gasteiger partial charge in [-0.3, -0.25) is 4.98 Å². The Balaban J connectivity index is 1.89. The fourth-order valence-corrected chi connectivity index (χ4v) is 4.85. The Morgan fingerprint density at radius 3 is 2.67 bits per heavy atom. The van der Waals surface area contributed by atoms with Crippen molar-refractivity contribution in [1.82, 2.24) is 15.0 Å². The van der Waals surface area contributed by atoms with E-state index < -0.39 is 0 Å². The van der Waals surface area contributed by atoms with Gasteiger partial charge in [-0.2, -0.15) is 0 Å². The molecular weight excluding hydrogens is 356 g/mol. The van der Waals surface area contributed by atoms with Gasteiger partial charge in [-0.05, 0) is 41.5 Å². The maximum Gasteiger partial charge on any atom is 0.191 e. The molecule has 0 aliphatic rings. The van der Waals surface area contributed by atoms with Crippen molar-refractivity contribution in [3.63, 3.8) is 0 Å². The van der Waals surface area contributed by atoms with Gasteiger partial charge >= 0.3 is 0 Å². The first-order valence-electron chi connectivity index (χ1n) is 7.70. The van der Waals surface area contributed by atoms with Crippen LogP contribution in [0.4, 0.5) is 5.82 Å². The highest BCUT2D eigenvalue weighted by Gasteiger charge is 2.15. The zero-order valence-corrected chi connectivity index (χ0v) is 16.6. The highest BCUT2D eigenvalue weighted by Crippen LogP contribution is 2.37. The number of nitrogens with zero attached hydrogens (tertiary/aromatic N) is 3. The van der Waals surface area contributed by atoms with Crippen LogP contribution in [0.3, 0.4) is 0 Å². The number of thioether (sulfide) groups is 2. The van der Waals surface area contributed by atoms with Crippen LogP contribution in [0.1, 0.15) is 43.2 Å².